The zero-order chi connectivity index (χ0) is 22.5. The van der Waals surface area contributed by atoms with Crippen LogP contribution >= 0.6 is 11.6 Å². The summed E-state index contributed by atoms with van der Waals surface area (Å²) < 4.78 is 2.14. The third-order valence-electron chi connectivity index (χ3n) is 4.92. The Hall–Kier alpha value is -3.90. The predicted molar refractivity (Wildman–Crippen MR) is 128 cm³/mol. The molecule has 0 spiro atoms. The number of carbonyl (C=O) groups excluding carboxylic acids is 2. The second-order valence-electron chi connectivity index (χ2n) is 7.31. The molecule has 7 heteroatoms. The first-order valence-corrected chi connectivity index (χ1v) is 10.4. The maximum Gasteiger partial charge on any atom is 0.271 e. The number of amides is 2. The van der Waals surface area contributed by atoms with Gasteiger partial charge in [-0.3, -0.25) is 9.59 Å². The third-order valence-corrected chi connectivity index (χ3v) is 5.17. The topological polar surface area (TPSA) is 75.5 Å². The van der Waals surface area contributed by atoms with E-state index < -0.39 is 0 Å². The Bertz CT molecular complexity index is 1290. The molecule has 2 N–H and O–H groups in total. The van der Waals surface area contributed by atoms with Crippen LogP contribution in [0.4, 0.5) is 5.69 Å². The van der Waals surface area contributed by atoms with Crippen molar-refractivity contribution in [2.24, 2.45) is 5.10 Å². The van der Waals surface area contributed by atoms with Gasteiger partial charge in [0.1, 0.15) is 0 Å². The van der Waals surface area contributed by atoms with E-state index in [1.54, 1.807) is 30.5 Å². The zero-order valence-corrected chi connectivity index (χ0v) is 18.1. The van der Waals surface area contributed by atoms with Crippen LogP contribution in [0.3, 0.4) is 0 Å². The summed E-state index contributed by atoms with van der Waals surface area (Å²) >= 11 is 5.99. The van der Waals surface area contributed by atoms with E-state index in [1.165, 1.54) is 6.92 Å². The number of hydrazone groups is 1. The van der Waals surface area contributed by atoms with Crippen LogP contribution in [0, 0.1) is 0 Å². The Labute approximate surface area is 190 Å². The number of para-hydroxylation sites is 1. The summed E-state index contributed by atoms with van der Waals surface area (Å²) in [5.74, 6) is -0.498. The smallest absolute Gasteiger partial charge is 0.271 e. The van der Waals surface area contributed by atoms with Crippen LogP contribution in [0.2, 0.25) is 5.02 Å². The highest BCUT2D eigenvalue weighted by Gasteiger charge is 2.08. The molecule has 0 fully saturated rings. The lowest BCUT2D eigenvalue weighted by atomic mass is 10.2. The van der Waals surface area contributed by atoms with Gasteiger partial charge in [0, 0.05) is 52.4 Å². The lowest BCUT2D eigenvalue weighted by Crippen LogP contribution is -2.17. The average molecular weight is 445 g/mol. The standard InChI is InChI=1S/C25H21ClN4O2/c1-17(31)28-22-12-8-19(9-13-22)25(32)29-27-14-20-16-30(24-5-3-2-4-23(20)24)15-18-6-10-21(26)11-7-18/h2-14,16H,15H2,1H3,(H,28,31)(H,29,32)/b27-14-. The molecule has 1 heterocycles. The van der Waals surface area contributed by atoms with Gasteiger partial charge in [-0.25, -0.2) is 5.43 Å². The number of fused-ring (bicyclic) bond motifs is 1. The fourth-order valence-corrected chi connectivity index (χ4v) is 3.55. The van der Waals surface area contributed by atoms with Crippen molar-refractivity contribution in [3.8, 4) is 0 Å². The SMILES string of the molecule is CC(=O)Nc1ccc(C(=O)N/N=C\c2cn(Cc3ccc(Cl)cc3)c3ccccc23)cc1. The lowest BCUT2D eigenvalue weighted by Gasteiger charge is -2.05. The van der Waals surface area contributed by atoms with Gasteiger partial charge in [-0.05, 0) is 48.0 Å². The van der Waals surface area contributed by atoms with Crippen molar-refractivity contribution >= 4 is 46.2 Å². The summed E-state index contributed by atoms with van der Waals surface area (Å²) in [6.07, 6.45) is 3.65. The van der Waals surface area contributed by atoms with Gasteiger partial charge in [-0.2, -0.15) is 5.10 Å². The molecule has 1 aromatic heterocycles. The Morgan fingerprint density at radius 1 is 1.00 bits per heavy atom. The van der Waals surface area contributed by atoms with E-state index in [4.69, 9.17) is 11.6 Å². The minimum atomic E-state index is -0.333. The van der Waals surface area contributed by atoms with Crippen LogP contribution in [0.5, 0.6) is 0 Å². The lowest BCUT2D eigenvalue weighted by molar-refractivity contribution is -0.114. The number of nitrogens with one attached hydrogen (secondary N) is 2. The van der Waals surface area contributed by atoms with Crippen molar-refractivity contribution in [1.82, 2.24) is 9.99 Å². The minimum absolute atomic E-state index is 0.165. The van der Waals surface area contributed by atoms with Gasteiger partial charge in [-0.1, -0.05) is 41.9 Å². The maximum absolute atomic E-state index is 12.4. The molecule has 0 saturated heterocycles. The first-order chi connectivity index (χ1) is 15.5. The molecule has 0 bridgehead atoms. The maximum atomic E-state index is 12.4. The van der Waals surface area contributed by atoms with Gasteiger partial charge in [0.25, 0.3) is 5.91 Å². The predicted octanol–water partition coefficient (Wildman–Crippen LogP) is 5.07. The molecule has 6 nitrogen and oxygen atoms in total. The van der Waals surface area contributed by atoms with Gasteiger partial charge in [0.15, 0.2) is 0 Å². The van der Waals surface area contributed by atoms with Crippen LogP contribution in [-0.2, 0) is 11.3 Å². The fourth-order valence-electron chi connectivity index (χ4n) is 3.43. The molecule has 3 aromatic carbocycles. The fraction of sp³-hybridized carbons (Fsp3) is 0.0800. The van der Waals surface area contributed by atoms with Gasteiger partial charge in [-0.15, -0.1) is 0 Å². The van der Waals surface area contributed by atoms with Gasteiger partial charge >= 0.3 is 0 Å². The van der Waals surface area contributed by atoms with Crippen molar-refractivity contribution in [1.29, 1.82) is 0 Å². The summed E-state index contributed by atoms with van der Waals surface area (Å²) in [6, 6.07) is 22.4. The molecule has 32 heavy (non-hydrogen) atoms. The van der Waals surface area contributed by atoms with E-state index in [0.717, 1.165) is 22.0 Å². The molecule has 0 atom stereocenters. The van der Waals surface area contributed by atoms with E-state index in [-0.39, 0.29) is 11.8 Å². The van der Waals surface area contributed by atoms with Gasteiger partial charge in [0.2, 0.25) is 5.91 Å². The van der Waals surface area contributed by atoms with E-state index in [1.807, 2.05) is 48.7 Å². The highest BCUT2D eigenvalue weighted by atomic mass is 35.5. The Kier molecular flexibility index (Phi) is 6.33. The molecule has 0 aliphatic carbocycles. The number of nitrogens with zero attached hydrogens (tertiary/aromatic N) is 2. The number of anilines is 1. The molecule has 2 amide bonds. The molecule has 0 radical (unpaired) electrons. The molecular weight excluding hydrogens is 424 g/mol. The van der Waals surface area contributed by atoms with Gasteiger partial charge in [0.05, 0.1) is 6.21 Å². The Morgan fingerprint density at radius 3 is 2.44 bits per heavy atom. The molecule has 0 aliphatic heterocycles. The van der Waals surface area contributed by atoms with Gasteiger partial charge < -0.3 is 9.88 Å². The van der Waals surface area contributed by atoms with E-state index in [9.17, 15) is 9.59 Å². The number of hydrogen-bond donors (Lipinski definition) is 2. The highest BCUT2D eigenvalue weighted by molar-refractivity contribution is 6.30. The number of carbonyl (C=O) groups is 2. The van der Waals surface area contributed by atoms with E-state index in [2.05, 4.69) is 26.5 Å². The number of aromatic nitrogens is 1. The van der Waals surface area contributed by atoms with Crippen LogP contribution in [0.1, 0.15) is 28.4 Å². The molecule has 4 aromatic rings. The van der Waals surface area contributed by atoms with Crippen LogP contribution < -0.4 is 10.7 Å². The van der Waals surface area contributed by atoms with E-state index >= 15 is 0 Å². The molecule has 0 aliphatic rings. The monoisotopic (exact) mass is 444 g/mol. The van der Waals surface area contributed by atoms with Crippen molar-refractivity contribution in [3.05, 3.63) is 101 Å². The molecule has 4 rings (SSSR count). The summed E-state index contributed by atoms with van der Waals surface area (Å²) in [6.45, 7) is 2.13. The minimum Gasteiger partial charge on any atom is -0.342 e. The van der Waals surface area contributed by atoms with Crippen LogP contribution in [0.25, 0.3) is 10.9 Å². The molecule has 0 saturated carbocycles. The Morgan fingerprint density at radius 2 is 1.72 bits per heavy atom. The molecule has 0 unspecified atom stereocenters. The third kappa shape index (κ3) is 5.04. The highest BCUT2D eigenvalue weighted by Crippen LogP contribution is 2.22. The summed E-state index contributed by atoms with van der Waals surface area (Å²) in [7, 11) is 0. The largest absolute Gasteiger partial charge is 0.342 e. The average Bonchev–Trinajstić information content (AvgIpc) is 3.13. The molecule has 160 valence electrons. The number of rotatable bonds is 6. The zero-order valence-electron chi connectivity index (χ0n) is 17.4. The number of halogens is 1. The first-order valence-electron chi connectivity index (χ1n) is 10.0. The van der Waals surface area contributed by atoms with Crippen molar-refractivity contribution in [2.75, 3.05) is 5.32 Å². The Balaban J connectivity index is 1.49. The number of benzene rings is 3. The molecular formula is C25H21ClN4O2. The quantitative estimate of drug-likeness (QED) is 0.322. The second-order valence-corrected chi connectivity index (χ2v) is 7.75. The van der Waals surface area contributed by atoms with Crippen molar-refractivity contribution in [3.63, 3.8) is 0 Å². The first kappa shape index (κ1) is 21.3. The number of hydrogen-bond acceptors (Lipinski definition) is 3. The van der Waals surface area contributed by atoms with Crippen molar-refractivity contribution in [2.45, 2.75) is 13.5 Å². The summed E-state index contributed by atoms with van der Waals surface area (Å²) in [5, 5.41) is 8.56. The van der Waals surface area contributed by atoms with Crippen LogP contribution in [0.15, 0.2) is 84.1 Å². The summed E-state index contributed by atoms with van der Waals surface area (Å²) in [5.41, 5.74) is 6.74. The van der Waals surface area contributed by atoms with Crippen LogP contribution in [-0.4, -0.2) is 22.6 Å². The normalized spacial score (nSPS) is 11.1. The second kappa shape index (κ2) is 9.49. The summed E-state index contributed by atoms with van der Waals surface area (Å²) in [4.78, 5) is 23.5. The van der Waals surface area contributed by atoms with E-state index in [0.29, 0.717) is 22.8 Å². The van der Waals surface area contributed by atoms with Crippen molar-refractivity contribution < 1.29 is 9.59 Å².